The third-order valence-electron chi connectivity index (χ3n) is 7.31. The van der Waals surface area contributed by atoms with E-state index >= 15 is 0 Å². The van der Waals surface area contributed by atoms with Crippen LogP contribution >= 0.6 is 8.53 Å². The van der Waals surface area contributed by atoms with E-state index < -0.39 is 39.3 Å². The van der Waals surface area contributed by atoms with Crippen LogP contribution in [-0.2, 0) is 14.1 Å². The molecule has 1 heterocycles. The van der Waals surface area contributed by atoms with Crippen molar-refractivity contribution in [3.05, 3.63) is 126 Å². The van der Waals surface area contributed by atoms with Crippen LogP contribution in [0.5, 0.6) is 5.75 Å². The number of alkyl halides is 1. The number of rotatable bonds is 27. The summed E-state index contributed by atoms with van der Waals surface area (Å²) in [5.41, 5.74) is 4.97. The standard InChI is InChI=1S/C40H57FN5O5P/c1-4-5-6-7-8-9-10-11-12-13-14-15-16-17-18-19-20-21-25-28-39(47)43-30-31-44-52(51-36-26-23-22-24-27-36)50-34(2)37(33-41)49-35(3)46-32-29-38(42)45-40(46)48/h5-6,8-9,11-12,14-15,17-18,20-24,26-27,29,32,34-35,37,44H,4,7,10,13,16,19,25,28,30-31,33H2,1-3H3,(H,43,47)(H2,42,45,48)/b6-5-,9-8-,12-11-,15-14-,18-17-,21-20-. The summed E-state index contributed by atoms with van der Waals surface area (Å²) in [7, 11) is -1.74. The van der Waals surface area contributed by atoms with Crippen LogP contribution in [0.4, 0.5) is 10.2 Å². The zero-order valence-electron chi connectivity index (χ0n) is 30.8. The van der Waals surface area contributed by atoms with Gasteiger partial charge in [-0.3, -0.25) is 9.36 Å². The number of nitrogens with zero attached hydrogens (tertiary/aromatic N) is 2. The van der Waals surface area contributed by atoms with E-state index in [2.05, 4.69) is 89.1 Å². The molecule has 0 aliphatic carbocycles. The first-order valence-corrected chi connectivity index (χ1v) is 19.2. The molecule has 2 aromatic rings. The molecule has 4 unspecified atom stereocenters. The van der Waals surface area contributed by atoms with Gasteiger partial charge in [-0.1, -0.05) is 98.0 Å². The van der Waals surface area contributed by atoms with Gasteiger partial charge >= 0.3 is 14.2 Å². The Kier molecular flexibility index (Phi) is 24.1. The van der Waals surface area contributed by atoms with E-state index in [1.807, 2.05) is 24.3 Å². The van der Waals surface area contributed by atoms with Gasteiger partial charge in [-0.2, -0.15) is 4.98 Å². The topological polar surface area (TPSA) is 130 Å². The number of carbonyl (C=O) groups is 1. The Balaban J connectivity index is 1.67. The van der Waals surface area contributed by atoms with Crippen molar-refractivity contribution in [1.29, 1.82) is 0 Å². The summed E-state index contributed by atoms with van der Waals surface area (Å²) in [5, 5.41) is 6.08. The summed E-state index contributed by atoms with van der Waals surface area (Å²) >= 11 is 0. The van der Waals surface area contributed by atoms with Crippen LogP contribution in [0.25, 0.3) is 0 Å². The molecule has 1 aromatic carbocycles. The number of ether oxygens (including phenoxy) is 1. The fourth-order valence-electron chi connectivity index (χ4n) is 4.47. The van der Waals surface area contributed by atoms with E-state index in [1.165, 1.54) is 16.8 Å². The predicted molar refractivity (Wildman–Crippen MR) is 211 cm³/mol. The van der Waals surface area contributed by atoms with Crippen LogP contribution in [-0.4, -0.2) is 47.4 Å². The second kappa shape index (κ2) is 28.4. The van der Waals surface area contributed by atoms with Gasteiger partial charge in [0, 0.05) is 25.7 Å². The average molecular weight is 738 g/mol. The lowest BCUT2D eigenvalue weighted by molar-refractivity contribution is -0.120. The van der Waals surface area contributed by atoms with E-state index in [4.69, 9.17) is 19.5 Å². The summed E-state index contributed by atoms with van der Waals surface area (Å²) in [6.45, 7) is 5.28. The van der Waals surface area contributed by atoms with Crippen molar-refractivity contribution in [2.45, 2.75) is 90.6 Å². The van der Waals surface area contributed by atoms with Crippen LogP contribution in [0.15, 0.2) is 120 Å². The van der Waals surface area contributed by atoms with Gasteiger partial charge in [-0.15, -0.1) is 0 Å². The van der Waals surface area contributed by atoms with E-state index in [1.54, 1.807) is 26.0 Å². The normalized spacial score (nSPS) is 14.7. The van der Waals surface area contributed by atoms with Crippen molar-refractivity contribution < 1.29 is 23.0 Å². The molecule has 0 spiro atoms. The lowest BCUT2D eigenvalue weighted by Gasteiger charge is -2.29. The number of hydrogen-bond donors (Lipinski definition) is 3. The number of hydrogen-bond acceptors (Lipinski definition) is 8. The number of nitrogens with two attached hydrogens (primary N) is 1. The zero-order valence-corrected chi connectivity index (χ0v) is 31.7. The summed E-state index contributed by atoms with van der Waals surface area (Å²) in [6, 6.07) is 10.6. The molecule has 0 radical (unpaired) electrons. The van der Waals surface area contributed by atoms with Gasteiger partial charge in [0.15, 0.2) is 0 Å². The minimum Gasteiger partial charge on any atom is -0.436 e. The van der Waals surface area contributed by atoms with Crippen LogP contribution in [0.2, 0.25) is 0 Å². The molecule has 1 aromatic heterocycles. The maximum Gasteiger partial charge on any atom is 0.351 e. The Morgan fingerprint density at radius 3 is 2.02 bits per heavy atom. The summed E-state index contributed by atoms with van der Waals surface area (Å²) in [4.78, 5) is 28.3. The number of anilines is 1. The molecule has 4 atom stereocenters. The number of benzene rings is 1. The van der Waals surface area contributed by atoms with E-state index in [-0.39, 0.29) is 11.7 Å². The average Bonchev–Trinajstić information content (AvgIpc) is 3.13. The minimum absolute atomic E-state index is 0.0591. The quantitative estimate of drug-likeness (QED) is 0.0473. The molecule has 1 amide bonds. The first-order valence-electron chi connectivity index (χ1n) is 18.0. The number of nitrogen functional groups attached to an aromatic ring is 1. The van der Waals surface area contributed by atoms with Gasteiger partial charge in [-0.05, 0) is 77.0 Å². The fraction of sp³-hybridized carbons (Fsp3) is 0.425. The van der Waals surface area contributed by atoms with Crippen molar-refractivity contribution in [3.63, 3.8) is 0 Å². The Hall–Kier alpha value is -4.15. The van der Waals surface area contributed by atoms with Crippen molar-refractivity contribution >= 4 is 20.3 Å². The Morgan fingerprint density at radius 2 is 1.46 bits per heavy atom. The highest BCUT2D eigenvalue weighted by Gasteiger charge is 2.27. The predicted octanol–water partition coefficient (Wildman–Crippen LogP) is 8.59. The second-order valence-electron chi connectivity index (χ2n) is 11.7. The molecule has 0 fully saturated rings. The highest BCUT2D eigenvalue weighted by atomic mass is 31.2. The molecule has 284 valence electrons. The zero-order chi connectivity index (χ0) is 37.7. The van der Waals surface area contributed by atoms with E-state index in [0.29, 0.717) is 31.7 Å². The maximum absolute atomic E-state index is 14.1. The summed E-state index contributed by atoms with van der Waals surface area (Å²) in [6.07, 6.45) is 31.5. The SMILES string of the molecule is CC/C=C\C/C=C\C/C=C\C/C=C\C/C=C\C/C=C\CCC(=O)NCCNP(Oc1ccccc1)OC(C)C(CF)OC(C)n1ccc(N)nc1=O. The molecule has 52 heavy (non-hydrogen) atoms. The van der Waals surface area contributed by atoms with Gasteiger partial charge in [0.25, 0.3) is 0 Å². The van der Waals surface area contributed by atoms with Crippen LogP contribution in [0.3, 0.4) is 0 Å². The van der Waals surface area contributed by atoms with Crippen LogP contribution in [0.1, 0.15) is 78.4 Å². The second-order valence-corrected chi connectivity index (χ2v) is 12.9. The number of para-hydroxylation sites is 1. The molecule has 0 saturated carbocycles. The number of halogens is 1. The first-order chi connectivity index (χ1) is 25.3. The largest absolute Gasteiger partial charge is 0.436 e. The lowest BCUT2D eigenvalue weighted by Crippen LogP contribution is -2.37. The lowest BCUT2D eigenvalue weighted by atomic mass is 10.2. The molecule has 0 aliphatic rings. The Morgan fingerprint density at radius 1 is 0.885 bits per heavy atom. The van der Waals surface area contributed by atoms with Gasteiger partial charge in [0.05, 0.1) is 6.10 Å². The van der Waals surface area contributed by atoms with Crippen molar-refractivity contribution in [2.24, 2.45) is 0 Å². The summed E-state index contributed by atoms with van der Waals surface area (Å²) < 4.78 is 33.2. The molecule has 0 aliphatic heterocycles. The highest BCUT2D eigenvalue weighted by molar-refractivity contribution is 7.45. The van der Waals surface area contributed by atoms with Gasteiger partial charge in [0.2, 0.25) is 5.91 Å². The van der Waals surface area contributed by atoms with Crippen molar-refractivity contribution in [3.8, 4) is 5.75 Å². The maximum atomic E-state index is 14.1. The molecule has 4 N–H and O–H groups in total. The van der Waals surface area contributed by atoms with Crippen molar-refractivity contribution in [2.75, 3.05) is 25.5 Å². The smallest absolute Gasteiger partial charge is 0.351 e. The molecule has 0 bridgehead atoms. The number of amides is 1. The molecule has 10 nitrogen and oxygen atoms in total. The molecular formula is C40H57FN5O5P. The van der Waals surface area contributed by atoms with E-state index in [9.17, 15) is 14.0 Å². The molecule has 2 rings (SSSR count). The van der Waals surface area contributed by atoms with Crippen LogP contribution in [0, 0.1) is 0 Å². The van der Waals surface area contributed by atoms with Gasteiger partial charge < -0.3 is 24.8 Å². The molecule has 12 heteroatoms. The van der Waals surface area contributed by atoms with Crippen LogP contribution < -0.4 is 26.4 Å². The summed E-state index contributed by atoms with van der Waals surface area (Å²) in [5.74, 6) is 0.596. The van der Waals surface area contributed by atoms with E-state index in [0.717, 1.165) is 38.5 Å². The van der Waals surface area contributed by atoms with Gasteiger partial charge in [0.1, 0.15) is 30.6 Å². The highest BCUT2D eigenvalue weighted by Crippen LogP contribution is 2.37. The third-order valence-corrected chi connectivity index (χ3v) is 8.69. The van der Waals surface area contributed by atoms with Crippen molar-refractivity contribution in [1.82, 2.24) is 20.0 Å². The number of carbonyl (C=O) groups excluding carboxylic acids is 1. The Bertz CT molecular complexity index is 1490. The third kappa shape index (κ3) is 20.6. The minimum atomic E-state index is -1.74. The molecule has 0 saturated heterocycles. The fourth-order valence-corrected chi connectivity index (χ4v) is 5.70. The first kappa shape index (κ1) is 44.0. The molecular weight excluding hydrogens is 680 g/mol. The monoisotopic (exact) mass is 737 g/mol. The number of aromatic nitrogens is 2. The number of allylic oxidation sites excluding steroid dienone is 12. The Labute approximate surface area is 310 Å². The number of nitrogens with one attached hydrogen (secondary N) is 2. The van der Waals surface area contributed by atoms with Gasteiger partial charge in [-0.25, -0.2) is 14.3 Å².